The molecule has 0 bridgehead atoms. The number of hydrogen-bond donors (Lipinski definition) is 1. The zero-order valence-electron chi connectivity index (χ0n) is 17.2. The molecule has 1 unspecified atom stereocenters. The highest BCUT2D eigenvalue weighted by molar-refractivity contribution is 6.23. The minimum absolute atomic E-state index is 0.117. The Balaban J connectivity index is 1.46. The van der Waals surface area contributed by atoms with Crippen molar-refractivity contribution in [3.05, 3.63) is 48.5 Å². The van der Waals surface area contributed by atoms with E-state index in [1.54, 1.807) is 18.2 Å². The van der Waals surface area contributed by atoms with Crippen molar-refractivity contribution in [2.45, 2.75) is 25.8 Å². The average molecular weight is 409 g/mol. The molecule has 1 N–H and O–H groups in total. The number of carbonyl (C=O) groups excluding carboxylic acids is 2. The summed E-state index contributed by atoms with van der Waals surface area (Å²) < 4.78 is 11.1. The second kappa shape index (κ2) is 9.17. The fourth-order valence-electron chi connectivity index (χ4n) is 3.76. The van der Waals surface area contributed by atoms with Crippen LogP contribution in [0.1, 0.15) is 19.8 Å². The molecule has 2 aliphatic heterocycles. The third kappa shape index (κ3) is 4.26. The maximum absolute atomic E-state index is 13.0. The van der Waals surface area contributed by atoms with Crippen LogP contribution in [0.2, 0.25) is 0 Å². The lowest BCUT2D eigenvalue weighted by Gasteiger charge is -2.29. The van der Waals surface area contributed by atoms with Gasteiger partial charge in [0, 0.05) is 24.5 Å². The first-order valence-electron chi connectivity index (χ1n) is 10.5. The Morgan fingerprint density at radius 2 is 1.80 bits per heavy atom. The van der Waals surface area contributed by atoms with Gasteiger partial charge in [-0.2, -0.15) is 0 Å². The van der Waals surface area contributed by atoms with Crippen molar-refractivity contribution >= 4 is 28.9 Å². The Hall–Kier alpha value is -3.06. The van der Waals surface area contributed by atoms with E-state index in [1.807, 2.05) is 37.3 Å². The van der Waals surface area contributed by atoms with Gasteiger partial charge in [0.1, 0.15) is 11.8 Å². The summed E-state index contributed by atoms with van der Waals surface area (Å²) in [6.45, 7) is 5.76. The highest BCUT2D eigenvalue weighted by Gasteiger charge is 2.40. The summed E-state index contributed by atoms with van der Waals surface area (Å²) in [7, 11) is 0. The van der Waals surface area contributed by atoms with Crippen molar-refractivity contribution < 1.29 is 19.1 Å². The lowest BCUT2D eigenvalue weighted by atomic mass is 10.2. The molecule has 0 radical (unpaired) electrons. The first-order valence-corrected chi connectivity index (χ1v) is 10.5. The molecule has 7 nitrogen and oxygen atoms in total. The standard InChI is InChI=1S/C23H27N3O4/c1-2-13-30-21-6-4-3-5-20(21)26-22(27)16-19(23(26)28)24-17-7-9-18(10-8-17)25-11-14-29-15-12-25/h3-10,19,24H,2,11-16H2,1H3. The predicted octanol–water partition coefficient (Wildman–Crippen LogP) is 3.06. The summed E-state index contributed by atoms with van der Waals surface area (Å²) in [4.78, 5) is 29.2. The number of morpholine rings is 1. The minimum Gasteiger partial charge on any atom is -0.491 e. The molecule has 158 valence electrons. The number of benzene rings is 2. The van der Waals surface area contributed by atoms with Gasteiger partial charge in [-0.15, -0.1) is 0 Å². The number of anilines is 3. The summed E-state index contributed by atoms with van der Waals surface area (Å²) in [6, 6.07) is 14.5. The fraction of sp³-hybridized carbons (Fsp3) is 0.391. The smallest absolute Gasteiger partial charge is 0.256 e. The maximum atomic E-state index is 13.0. The molecule has 1 atom stereocenters. The second-order valence-electron chi connectivity index (χ2n) is 7.43. The van der Waals surface area contributed by atoms with E-state index in [0.717, 1.165) is 44.1 Å². The van der Waals surface area contributed by atoms with Crippen LogP contribution in [-0.2, 0) is 14.3 Å². The Bertz CT molecular complexity index is 894. The van der Waals surface area contributed by atoms with Crippen LogP contribution in [0.4, 0.5) is 17.1 Å². The van der Waals surface area contributed by atoms with E-state index in [2.05, 4.69) is 10.2 Å². The summed E-state index contributed by atoms with van der Waals surface area (Å²) >= 11 is 0. The lowest BCUT2D eigenvalue weighted by Crippen LogP contribution is -2.36. The Morgan fingerprint density at radius 3 is 2.53 bits per heavy atom. The largest absolute Gasteiger partial charge is 0.491 e. The van der Waals surface area contributed by atoms with Gasteiger partial charge in [0.2, 0.25) is 5.91 Å². The molecule has 2 fully saturated rings. The number of ether oxygens (including phenoxy) is 2. The van der Waals surface area contributed by atoms with Crippen molar-refractivity contribution in [2.24, 2.45) is 0 Å². The van der Waals surface area contributed by atoms with Gasteiger partial charge in [-0.1, -0.05) is 19.1 Å². The number of carbonyl (C=O) groups is 2. The van der Waals surface area contributed by atoms with Gasteiger partial charge in [-0.05, 0) is 42.8 Å². The van der Waals surface area contributed by atoms with E-state index < -0.39 is 6.04 Å². The summed E-state index contributed by atoms with van der Waals surface area (Å²) in [5.41, 5.74) is 2.45. The second-order valence-corrected chi connectivity index (χ2v) is 7.43. The molecule has 2 heterocycles. The number of para-hydroxylation sites is 2. The van der Waals surface area contributed by atoms with E-state index in [9.17, 15) is 9.59 Å². The molecule has 7 heteroatoms. The topological polar surface area (TPSA) is 71.1 Å². The molecule has 0 aromatic heterocycles. The van der Waals surface area contributed by atoms with Crippen LogP contribution >= 0.6 is 0 Å². The average Bonchev–Trinajstić information content (AvgIpc) is 3.06. The molecule has 2 amide bonds. The molecule has 30 heavy (non-hydrogen) atoms. The molecule has 2 aromatic rings. The van der Waals surface area contributed by atoms with Gasteiger partial charge in [-0.3, -0.25) is 9.59 Å². The van der Waals surface area contributed by atoms with Crippen LogP contribution in [0.25, 0.3) is 0 Å². The highest BCUT2D eigenvalue weighted by Crippen LogP contribution is 2.33. The molecular weight excluding hydrogens is 382 g/mol. The third-order valence-electron chi connectivity index (χ3n) is 5.30. The van der Waals surface area contributed by atoms with Crippen LogP contribution in [0, 0.1) is 0 Å². The molecule has 2 aliphatic rings. The van der Waals surface area contributed by atoms with Crippen molar-refractivity contribution in [2.75, 3.05) is 48.0 Å². The molecule has 0 aliphatic carbocycles. The minimum atomic E-state index is -0.592. The number of amides is 2. The molecule has 4 rings (SSSR count). The van der Waals surface area contributed by atoms with Crippen molar-refractivity contribution in [3.8, 4) is 5.75 Å². The molecular formula is C23H27N3O4. The lowest BCUT2D eigenvalue weighted by molar-refractivity contribution is -0.121. The Labute approximate surface area is 176 Å². The van der Waals surface area contributed by atoms with Crippen LogP contribution < -0.4 is 19.9 Å². The van der Waals surface area contributed by atoms with Crippen LogP contribution in [0.5, 0.6) is 5.75 Å². The predicted molar refractivity (Wildman–Crippen MR) is 116 cm³/mol. The van der Waals surface area contributed by atoms with E-state index in [1.165, 1.54) is 4.90 Å². The highest BCUT2D eigenvalue weighted by atomic mass is 16.5. The SMILES string of the molecule is CCCOc1ccccc1N1C(=O)CC(Nc2ccc(N3CCOCC3)cc2)C1=O. The van der Waals surface area contributed by atoms with E-state index in [4.69, 9.17) is 9.47 Å². The zero-order valence-corrected chi connectivity index (χ0v) is 17.2. The Kier molecular flexibility index (Phi) is 6.18. The quantitative estimate of drug-likeness (QED) is 0.709. The fourth-order valence-corrected chi connectivity index (χ4v) is 3.76. The summed E-state index contributed by atoms with van der Waals surface area (Å²) in [5, 5.41) is 3.22. The Morgan fingerprint density at radius 1 is 1.07 bits per heavy atom. The normalized spacial score (nSPS) is 19.3. The summed E-state index contributed by atoms with van der Waals surface area (Å²) in [5.74, 6) is 0.0661. The van der Waals surface area contributed by atoms with Crippen LogP contribution in [0.15, 0.2) is 48.5 Å². The molecule has 0 spiro atoms. The van der Waals surface area contributed by atoms with Crippen LogP contribution in [0.3, 0.4) is 0 Å². The van der Waals surface area contributed by atoms with E-state index in [-0.39, 0.29) is 18.2 Å². The number of imide groups is 1. The van der Waals surface area contributed by atoms with Crippen molar-refractivity contribution in [1.29, 1.82) is 0 Å². The molecule has 2 aromatic carbocycles. The molecule has 2 saturated heterocycles. The van der Waals surface area contributed by atoms with Crippen LogP contribution in [-0.4, -0.2) is 50.8 Å². The van der Waals surface area contributed by atoms with Crippen molar-refractivity contribution in [3.63, 3.8) is 0 Å². The van der Waals surface area contributed by atoms with Gasteiger partial charge >= 0.3 is 0 Å². The van der Waals surface area contributed by atoms with Gasteiger partial charge in [0.25, 0.3) is 5.91 Å². The first-order chi connectivity index (χ1) is 14.7. The summed E-state index contributed by atoms with van der Waals surface area (Å²) in [6.07, 6.45) is 0.965. The van der Waals surface area contributed by atoms with Gasteiger partial charge in [0.15, 0.2) is 0 Å². The van der Waals surface area contributed by atoms with Crippen molar-refractivity contribution in [1.82, 2.24) is 0 Å². The monoisotopic (exact) mass is 409 g/mol. The molecule has 0 saturated carbocycles. The van der Waals surface area contributed by atoms with E-state index >= 15 is 0 Å². The van der Waals surface area contributed by atoms with Gasteiger partial charge in [-0.25, -0.2) is 4.90 Å². The zero-order chi connectivity index (χ0) is 20.9. The van der Waals surface area contributed by atoms with E-state index in [0.29, 0.717) is 18.0 Å². The van der Waals surface area contributed by atoms with Gasteiger partial charge < -0.3 is 19.7 Å². The third-order valence-corrected chi connectivity index (χ3v) is 5.30. The first kappa shape index (κ1) is 20.2. The number of nitrogens with zero attached hydrogens (tertiary/aromatic N) is 2. The number of hydrogen-bond acceptors (Lipinski definition) is 6. The number of nitrogens with one attached hydrogen (secondary N) is 1. The maximum Gasteiger partial charge on any atom is 0.256 e. The van der Waals surface area contributed by atoms with Gasteiger partial charge in [0.05, 0.1) is 31.9 Å². The number of rotatable bonds is 7.